The molecule has 0 unspecified atom stereocenters. The van der Waals surface area contributed by atoms with Crippen molar-refractivity contribution >= 4 is 5.91 Å². The molecule has 1 saturated carbocycles. The Bertz CT molecular complexity index is 705. The van der Waals surface area contributed by atoms with Gasteiger partial charge in [0.05, 0.1) is 12.2 Å². The summed E-state index contributed by atoms with van der Waals surface area (Å²) < 4.78 is 28.8. The molecule has 1 aliphatic rings. The van der Waals surface area contributed by atoms with Gasteiger partial charge in [0.1, 0.15) is 12.2 Å². The van der Waals surface area contributed by atoms with Gasteiger partial charge in [-0.25, -0.2) is 8.78 Å². The van der Waals surface area contributed by atoms with Gasteiger partial charge in [-0.1, -0.05) is 0 Å². The number of nitrogens with zero attached hydrogens (tertiary/aromatic N) is 5. The molecule has 0 saturated heterocycles. The quantitative estimate of drug-likeness (QED) is 0.818. The SMILES string of the molecule is CN(Cc1ccnn1C)C(=O)Cn1nc(C(F)F)cc1C1CC1. The maximum absolute atomic E-state index is 12.9. The van der Waals surface area contributed by atoms with Crippen molar-refractivity contribution in [2.75, 3.05) is 7.05 Å². The number of amides is 1. The summed E-state index contributed by atoms with van der Waals surface area (Å²) in [5, 5.41) is 7.97. The molecule has 3 rings (SSSR count). The summed E-state index contributed by atoms with van der Waals surface area (Å²) in [6.07, 6.45) is 0.985. The Morgan fingerprint density at radius 2 is 2.22 bits per heavy atom. The molecule has 0 atom stereocenters. The standard InChI is InChI=1S/C15H19F2N5O/c1-20(8-11-5-6-18-21(11)2)14(23)9-22-13(10-3-4-10)7-12(19-22)15(16)17/h5-7,10,15H,3-4,8-9H2,1-2H3. The van der Waals surface area contributed by atoms with Gasteiger partial charge in [0.2, 0.25) is 5.91 Å². The van der Waals surface area contributed by atoms with E-state index in [9.17, 15) is 13.6 Å². The molecule has 0 spiro atoms. The van der Waals surface area contributed by atoms with E-state index in [1.807, 2.05) is 6.07 Å². The fourth-order valence-corrected chi connectivity index (χ4v) is 2.53. The van der Waals surface area contributed by atoms with E-state index in [0.717, 1.165) is 24.2 Å². The highest BCUT2D eigenvalue weighted by molar-refractivity contribution is 5.75. The van der Waals surface area contributed by atoms with Gasteiger partial charge in [-0.15, -0.1) is 0 Å². The number of carbonyl (C=O) groups excluding carboxylic acids is 1. The normalized spacial score (nSPS) is 14.5. The van der Waals surface area contributed by atoms with Crippen LogP contribution in [0.3, 0.4) is 0 Å². The fraction of sp³-hybridized carbons (Fsp3) is 0.533. The molecule has 0 bridgehead atoms. The molecule has 8 heteroatoms. The Balaban J connectivity index is 1.70. The van der Waals surface area contributed by atoms with Gasteiger partial charge in [-0.3, -0.25) is 14.2 Å². The average Bonchev–Trinajstić information content (AvgIpc) is 3.14. The first-order chi connectivity index (χ1) is 11.0. The molecule has 124 valence electrons. The van der Waals surface area contributed by atoms with Crippen molar-refractivity contribution in [2.24, 2.45) is 7.05 Å². The largest absolute Gasteiger partial charge is 0.338 e. The van der Waals surface area contributed by atoms with Crippen LogP contribution in [0, 0.1) is 0 Å². The third kappa shape index (κ3) is 3.40. The molecule has 2 aromatic heterocycles. The third-order valence-electron chi connectivity index (χ3n) is 4.08. The Labute approximate surface area is 132 Å². The second-order valence-corrected chi connectivity index (χ2v) is 5.92. The van der Waals surface area contributed by atoms with E-state index >= 15 is 0 Å². The van der Waals surface area contributed by atoms with E-state index in [1.54, 1.807) is 29.9 Å². The zero-order valence-corrected chi connectivity index (χ0v) is 13.1. The van der Waals surface area contributed by atoms with Crippen LogP contribution in [0.25, 0.3) is 0 Å². The van der Waals surface area contributed by atoms with Gasteiger partial charge in [0.25, 0.3) is 6.43 Å². The summed E-state index contributed by atoms with van der Waals surface area (Å²) in [7, 11) is 3.49. The zero-order valence-electron chi connectivity index (χ0n) is 13.1. The first kappa shape index (κ1) is 15.6. The molecular weight excluding hydrogens is 304 g/mol. The summed E-state index contributed by atoms with van der Waals surface area (Å²) in [6, 6.07) is 3.26. The van der Waals surface area contributed by atoms with Crippen LogP contribution in [-0.2, 0) is 24.9 Å². The highest BCUT2D eigenvalue weighted by Crippen LogP contribution is 2.41. The Morgan fingerprint density at radius 3 is 2.78 bits per heavy atom. The average molecular weight is 323 g/mol. The predicted octanol–water partition coefficient (Wildman–Crippen LogP) is 2.09. The minimum Gasteiger partial charge on any atom is -0.338 e. The molecule has 2 aromatic rings. The zero-order chi connectivity index (χ0) is 16.6. The number of carbonyl (C=O) groups is 1. The fourth-order valence-electron chi connectivity index (χ4n) is 2.53. The van der Waals surface area contributed by atoms with Crippen molar-refractivity contribution in [3.05, 3.63) is 35.4 Å². The van der Waals surface area contributed by atoms with E-state index in [4.69, 9.17) is 0 Å². The van der Waals surface area contributed by atoms with Crippen molar-refractivity contribution in [3.63, 3.8) is 0 Å². The lowest BCUT2D eigenvalue weighted by Gasteiger charge is -2.18. The number of alkyl halides is 2. The number of hydrogen-bond acceptors (Lipinski definition) is 3. The monoisotopic (exact) mass is 323 g/mol. The number of hydrogen-bond donors (Lipinski definition) is 0. The topological polar surface area (TPSA) is 56.0 Å². The van der Waals surface area contributed by atoms with Crippen LogP contribution in [-0.4, -0.2) is 37.4 Å². The minimum absolute atomic E-state index is 0.0209. The van der Waals surface area contributed by atoms with Crippen LogP contribution in [0.4, 0.5) is 8.78 Å². The van der Waals surface area contributed by atoms with Crippen molar-refractivity contribution in [1.82, 2.24) is 24.5 Å². The molecule has 0 aliphatic heterocycles. The maximum atomic E-state index is 12.9. The Hall–Kier alpha value is -2.25. The van der Waals surface area contributed by atoms with Crippen LogP contribution < -0.4 is 0 Å². The van der Waals surface area contributed by atoms with E-state index in [1.165, 1.54) is 10.7 Å². The van der Waals surface area contributed by atoms with E-state index in [-0.39, 0.29) is 24.1 Å². The Morgan fingerprint density at radius 1 is 1.48 bits per heavy atom. The van der Waals surface area contributed by atoms with Gasteiger partial charge in [-0.2, -0.15) is 10.2 Å². The van der Waals surface area contributed by atoms with Gasteiger partial charge < -0.3 is 4.90 Å². The molecule has 2 heterocycles. The number of halogens is 2. The van der Waals surface area contributed by atoms with Gasteiger partial charge in [-0.05, 0) is 25.0 Å². The Kier molecular flexibility index (Phi) is 4.14. The second kappa shape index (κ2) is 6.10. The highest BCUT2D eigenvalue weighted by atomic mass is 19.3. The third-order valence-corrected chi connectivity index (χ3v) is 4.08. The van der Waals surface area contributed by atoms with Crippen molar-refractivity contribution in [3.8, 4) is 0 Å². The van der Waals surface area contributed by atoms with Crippen LogP contribution in [0.2, 0.25) is 0 Å². The van der Waals surface area contributed by atoms with E-state index in [0.29, 0.717) is 6.54 Å². The number of rotatable bonds is 6. The summed E-state index contributed by atoms with van der Waals surface area (Å²) in [4.78, 5) is 13.9. The van der Waals surface area contributed by atoms with Gasteiger partial charge in [0, 0.05) is 31.9 Å². The molecular formula is C15H19F2N5O. The predicted molar refractivity (Wildman–Crippen MR) is 78.8 cm³/mol. The van der Waals surface area contributed by atoms with Crippen LogP contribution in [0.5, 0.6) is 0 Å². The van der Waals surface area contributed by atoms with Crippen molar-refractivity contribution in [2.45, 2.75) is 38.3 Å². The molecule has 23 heavy (non-hydrogen) atoms. The molecule has 0 N–H and O–H groups in total. The molecule has 6 nitrogen and oxygen atoms in total. The van der Waals surface area contributed by atoms with Gasteiger partial charge >= 0.3 is 0 Å². The minimum atomic E-state index is -2.61. The van der Waals surface area contributed by atoms with Crippen LogP contribution in [0.1, 0.15) is 42.3 Å². The lowest BCUT2D eigenvalue weighted by atomic mass is 10.2. The first-order valence-electron chi connectivity index (χ1n) is 7.52. The van der Waals surface area contributed by atoms with Crippen molar-refractivity contribution in [1.29, 1.82) is 0 Å². The number of aryl methyl sites for hydroxylation is 1. The first-order valence-corrected chi connectivity index (χ1v) is 7.52. The van der Waals surface area contributed by atoms with Crippen LogP contribution >= 0.6 is 0 Å². The molecule has 0 radical (unpaired) electrons. The maximum Gasteiger partial charge on any atom is 0.282 e. The van der Waals surface area contributed by atoms with Gasteiger partial charge in [0.15, 0.2) is 0 Å². The molecule has 1 aliphatic carbocycles. The molecule has 0 aromatic carbocycles. The summed E-state index contributed by atoms with van der Waals surface area (Å²) in [5.74, 6) is 0.0854. The van der Waals surface area contributed by atoms with Crippen molar-refractivity contribution < 1.29 is 13.6 Å². The molecule has 1 fully saturated rings. The van der Waals surface area contributed by atoms with E-state index < -0.39 is 6.43 Å². The lowest BCUT2D eigenvalue weighted by Crippen LogP contribution is -2.31. The summed E-state index contributed by atoms with van der Waals surface area (Å²) in [5.41, 5.74) is 1.38. The smallest absolute Gasteiger partial charge is 0.282 e. The second-order valence-electron chi connectivity index (χ2n) is 5.92. The van der Waals surface area contributed by atoms with E-state index in [2.05, 4.69) is 10.2 Å². The number of aromatic nitrogens is 4. The lowest BCUT2D eigenvalue weighted by molar-refractivity contribution is -0.131. The summed E-state index contributed by atoms with van der Waals surface area (Å²) in [6.45, 7) is 0.393. The van der Waals surface area contributed by atoms with Crippen LogP contribution in [0.15, 0.2) is 18.3 Å². The molecule has 1 amide bonds. The highest BCUT2D eigenvalue weighted by Gasteiger charge is 2.30. The number of likely N-dealkylation sites (N-methyl/N-ethyl adjacent to an activating group) is 1. The summed E-state index contributed by atoms with van der Waals surface area (Å²) >= 11 is 0.